The number of hydrogen-bond donors (Lipinski definition) is 4. The van der Waals surface area contributed by atoms with Gasteiger partial charge in [-0.15, -0.1) is 0 Å². The van der Waals surface area contributed by atoms with E-state index in [1.807, 2.05) is 43.3 Å². The molecule has 0 saturated carbocycles. The van der Waals surface area contributed by atoms with Crippen molar-refractivity contribution in [3.05, 3.63) is 155 Å². The molecule has 5 rings (SSSR count). The molecule has 0 heterocycles. The van der Waals surface area contributed by atoms with Gasteiger partial charge < -0.3 is 26.8 Å². The molecule has 49 heavy (non-hydrogen) atoms. The number of amidine groups is 1. The average molecular weight is 654 g/mol. The molecule has 0 aromatic heterocycles. The van der Waals surface area contributed by atoms with E-state index in [0.717, 1.165) is 22.3 Å². The van der Waals surface area contributed by atoms with E-state index < -0.39 is 24.3 Å². The Bertz CT molecular complexity index is 2000. The quantitative estimate of drug-likeness (QED) is 0.0806. The molecule has 6 N–H and O–H groups in total. The van der Waals surface area contributed by atoms with Crippen LogP contribution in [-0.4, -0.2) is 46.1 Å². The predicted molar refractivity (Wildman–Crippen MR) is 190 cm³/mol. The number of nitrogens with one attached hydrogen (secondary N) is 1. The van der Waals surface area contributed by atoms with E-state index >= 15 is 0 Å². The summed E-state index contributed by atoms with van der Waals surface area (Å²) < 4.78 is 0. The Hall–Kier alpha value is -6.55. The number of nitrogen functional groups attached to an aromatic ring is 1. The number of carbonyl (C=O) groups is 4. The lowest BCUT2D eigenvalue weighted by molar-refractivity contribution is -0.137. The summed E-state index contributed by atoms with van der Waals surface area (Å²) in [6.07, 6.45) is 0.132. The van der Waals surface area contributed by atoms with Crippen LogP contribution in [0.4, 0.5) is 11.4 Å². The first-order valence-electron chi connectivity index (χ1n) is 15.4. The van der Waals surface area contributed by atoms with Crippen molar-refractivity contribution >= 4 is 40.9 Å². The van der Waals surface area contributed by atoms with E-state index in [9.17, 15) is 24.3 Å². The Balaban J connectivity index is 1.21. The first-order chi connectivity index (χ1) is 23.5. The Morgan fingerprint density at radius 1 is 0.735 bits per heavy atom. The second kappa shape index (κ2) is 15.4. The lowest BCUT2D eigenvalue weighted by atomic mass is 10.0. The van der Waals surface area contributed by atoms with Gasteiger partial charge in [0.05, 0.1) is 6.42 Å². The van der Waals surface area contributed by atoms with Gasteiger partial charge in [-0.1, -0.05) is 78.4 Å². The predicted octanol–water partition coefficient (Wildman–Crippen LogP) is 5.70. The van der Waals surface area contributed by atoms with Gasteiger partial charge in [-0.2, -0.15) is 4.99 Å². The Morgan fingerprint density at radius 2 is 1.33 bits per heavy atom. The lowest BCUT2D eigenvalue weighted by Gasteiger charge is -2.21. The third kappa shape index (κ3) is 9.26. The third-order valence-corrected chi connectivity index (χ3v) is 7.71. The number of anilines is 2. The van der Waals surface area contributed by atoms with Crippen molar-refractivity contribution in [1.29, 1.82) is 0 Å². The second-order valence-electron chi connectivity index (χ2n) is 11.5. The highest BCUT2D eigenvalue weighted by atomic mass is 16.4. The van der Waals surface area contributed by atoms with Crippen molar-refractivity contribution in [3.8, 4) is 11.1 Å². The smallest absolute Gasteiger partial charge is 0.323 e. The minimum absolute atomic E-state index is 0.00736. The molecule has 5 aromatic rings. The highest BCUT2D eigenvalue weighted by Gasteiger charge is 2.20. The SMILES string of the molecule is Cc1ccc(-c2ccc(C(=O)N=C(N)c3ccc(CN(CC(=O)O)C(=O)c4ccc(NC(=O)Cc5cccc(N)c5)cc4)cc3)cc2)cc1. The van der Waals surface area contributed by atoms with Crippen molar-refractivity contribution < 1.29 is 24.3 Å². The molecule has 0 bridgehead atoms. The van der Waals surface area contributed by atoms with E-state index in [1.54, 1.807) is 72.8 Å². The van der Waals surface area contributed by atoms with Gasteiger partial charge in [-0.05, 0) is 77.7 Å². The number of carboxylic acid groups (broad SMARTS) is 1. The van der Waals surface area contributed by atoms with Crippen molar-refractivity contribution in [1.82, 2.24) is 4.90 Å². The summed E-state index contributed by atoms with van der Waals surface area (Å²) in [5.74, 6) is -2.37. The van der Waals surface area contributed by atoms with Gasteiger partial charge in [0.2, 0.25) is 5.91 Å². The van der Waals surface area contributed by atoms with Crippen LogP contribution in [0.1, 0.15) is 43.0 Å². The number of rotatable bonds is 11. The molecular weight excluding hydrogens is 618 g/mol. The summed E-state index contributed by atoms with van der Waals surface area (Å²) in [5, 5.41) is 12.3. The molecule has 0 aliphatic carbocycles. The number of hydrogen-bond acceptors (Lipinski definition) is 5. The molecule has 0 aliphatic heterocycles. The molecule has 5 aromatic carbocycles. The molecular formula is C39H35N5O5. The summed E-state index contributed by atoms with van der Waals surface area (Å²) in [7, 11) is 0. The van der Waals surface area contributed by atoms with Crippen LogP contribution in [-0.2, 0) is 22.6 Å². The number of amides is 3. The Labute approximate surface area is 283 Å². The van der Waals surface area contributed by atoms with E-state index in [1.165, 1.54) is 17.0 Å². The lowest BCUT2D eigenvalue weighted by Crippen LogP contribution is -2.35. The summed E-state index contributed by atoms with van der Waals surface area (Å²) in [5.41, 5.74) is 18.7. The monoisotopic (exact) mass is 653 g/mol. The van der Waals surface area contributed by atoms with Crippen molar-refractivity contribution in [2.45, 2.75) is 19.9 Å². The van der Waals surface area contributed by atoms with Crippen molar-refractivity contribution in [3.63, 3.8) is 0 Å². The molecule has 0 atom stereocenters. The number of carbonyl (C=O) groups excluding carboxylic acids is 3. The Kier molecular flexibility index (Phi) is 10.6. The summed E-state index contributed by atoms with van der Waals surface area (Å²) in [4.78, 5) is 55.5. The van der Waals surface area contributed by atoms with Gasteiger partial charge in [-0.3, -0.25) is 19.2 Å². The molecule has 0 fully saturated rings. The van der Waals surface area contributed by atoms with Crippen molar-refractivity contribution in [2.75, 3.05) is 17.6 Å². The van der Waals surface area contributed by atoms with Crippen molar-refractivity contribution in [2.24, 2.45) is 10.7 Å². The maximum Gasteiger partial charge on any atom is 0.323 e. The van der Waals surface area contributed by atoms with Crippen LogP contribution in [0.3, 0.4) is 0 Å². The second-order valence-corrected chi connectivity index (χ2v) is 11.5. The Morgan fingerprint density at radius 3 is 1.94 bits per heavy atom. The number of aliphatic imine (C=N–C) groups is 1. The van der Waals surface area contributed by atoms with Gasteiger partial charge in [0, 0.05) is 34.6 Å². The number of nitrogens with zero attached hydrogens (tertiary/aromatic N) is 2. The standard InChI is InChI=1S/C39H35N5O5/c1-25-5-9-28(10-6-25)29-13-15-31(16-14-29)38(48)43-37(41)30-11-7-26(8-12-30)23-44(24-36(46)47)39(49)32-17-19-34(20-18-32)42-35(45)22-27-3-2-4-33(40)21-27/h2-21H,22-24,40H2,1H3,(H,42,45)(H,46,47)(H2,41,43,48). The molecule has 0 saturated heterocycles. The molecule has 10 nitrogen and oxygen atoms in total. The molecule has 0 radical (unpaired) electrons. The fourth-order valence-electron chi connectivity index (χ4n) is 5.13. The summed E-state index contributed by atoms with van der Waals surface area (Å²) in [6.45, 7) is 1.50. The minimum atomic E-state index is -1.17. The topological polar surface area (TPSA) is 168 Å². The zero-order valence-corrected chi connectivity index (χ0v) is 26.8. The molecule has 10 heteroatoms. The number of aliphatic carboxylic acids is 1. The van der Waals surface area contributed by atoms with Crippen LogP contribution in [0.25, 0.3) is 11.1 Å². The van der Waals surface area contributed by atoms with Gasteiger partial charge in [0.15, 0.2) is 0 Å². The van der Waals surface area contributed by atoms with Gasteiger partial charge in [-0.25, -0.2) is 0 Å². The van der Waals surface area contributed by atoms with E-state index in [4.69, 9.17) is 11.5 Å². The third-order valence-electron chi connectivity index (χ3n) is 7.71. The summed E-state index contributed by atoms with van der Waals surface area (Å²) >= 11 is 0. The van der Waals surface area contributed by atoms with Gasteiger partial charge in [0.1, 0.15) is 12.4 Å². The first-order valence-corrected chi connectivity index (χ1v) is 15.4. The number of benzene rings is 5. The first kappa shape index (κ1) is 33.8. The van der Waals surface area contributed by atoms with E-state index in [0.29, 0.717) is 28.1 Å². The van der Waals surface area contributed by atoms with Crippen LogP contribution in [0.2, 0.25) is 0 Å². The molecule has 0 aliphatic rings. The van der Waals surface area contributed by atoms with Crippen LogP contribution < -0.4 is 16.8 Å². The zero-order chi connectivity index (χ0) is 34.9. The van der Waals surface area contributed by atoms with Crippen LogP contribution in [0.5, 0.6) is 0 Å². The minimum Gasteiger partial charge on any atom is -0.480 e. The maximum atomic E-state index is 13.3. The van der Waals surface area contributed by atoms with Crippen LogP contribution in [0.15, 0.2) is 126 Å². The fourth-order valence-corrected chi connectivity index (χ4v) is 5.13. The largest absolute Gasteiger partial charge is 0.480 e. The molecule has 0 spiro atoms. The van der Waals surface area contributed by atoms with Gasteiger partial charge in [0.25, 0.3) is 11.8 Å². The van der Waals surface area contributed by atoms with Crippen LogP contribution >= 0.6 is 0 Å². The normalized spacial score (nSPS) is 11.1. The zero-order valence-electron chi connectivity index (χ0n) is 26.8. The number of aryl methyl sites for hydroxylation is 1. The average Bonchev–Trinajstić information content (AvgIpc) is 3.08. The number of carboxylic acids is 1. The molecule has 0 unspecified atom stereocenters. The van der Waals surface area contributed by atoms with Gasteiger partial charge >= 0.3 is 5.97 Å². The van der Waals surface area contributed by atoms with E-state index in [2.05, 4.69) is 10.3 Å². The van der Waals surface area contributed by atoms with Crippen LogP contribution in [0, 0.1) is 6.92 Å². The summed E-state index contributed by atoms with van der Waals surface area (Å²) in [6, 6.07) is 35.2. The highest BCUT2D eigenvalue weighted by molar-refractivity contribution is 6.09. The maximum absolute atomic E-state index is 13.3. The molecule has 3 amide bonds. The molecule has 246 valence electrons. The number of nitrogens with two attached hydrogens (primary N) is 2. The fraction of sp³-hybridized carbons (Fsp3) is 0.103. The van der Waals surface area contributed by atoms with E-state index in [-0.39, 0.29) is 30.3 Å². The highest BCUT2D eigenvalue weighted by Crippen LogP contribution is 2.21.